The number of benzene rings is 2. The normalized spacial score (nSPS) is 10.7. The highest BCUT2D eigenvalue weighted by atomic mass is 16.5. The lowest BCUT2D eigenvalue weighted by molar-refractivity contribution is -0.144. The fourth-order valence-corrected chi connectivity index (χ4v) is 2.57. The number of para-hydroxylation sites is 1. The molecule has 0 unspecified atom stereocenters. The van der Waals surface area contributed by atoms with E-state index >= 15 is 0 Å². The second-order valence-corrected chi connectivity index (χ2v) is 5.37. The highest BCUT2D eigenvalue weighted by Gasteiger charge is 2.08. The summed E-state index contributed by atoms with van der Waals surface area (Å²) in [6.07, 6.45) is 2.99. The van der Waals surface area contributed by atoms with Crippen molar-refractivity contribution in [1.82, 2.24) is 4.98 Å². The fourth-order valence-electron chi connectivity index (χ4n) is 2.57. The monoisotopic (exact) mass is 309 g/mol. The summed E-state index contributed by atoms with van der Waals surface area (Å²) in [6, 6.07) is 15.6. The average Bonchev–Trinajstić information content (AvgIpc) is 3.01. The molecule has 1 heterocycles. The Morgan fingerprint density at radius 1 is 1.13 bits per heavy atom. The Hall–Kier alpha value is -2.75. The predicted octanol–water partition coefficient (Wildman–Crippen LogP) is 3.85. The van der Waals surface area contributed by atoms with E-state index in [2.05, 4.69) is 11.1 Å². The molecule has 4 heteroatoms. The van der Waals surface area contributed by atoms with Crippen molar-refractivity contribution in [3.05, 3.63) is 65.9 Å². The van der Waals surface area contributed by atoms with Crippen LogP contribution in [0.2, 0.25) is 0 Å². The second kappa shape index (κ2) is 7.01. The molecule has 3 rings (SSSR count). The van der Waals surface area contributed by atoms with Crippen molar-refractivity contribution >= 4 is 16.9 Å². The van der Waals surface area contributed by atoms with Crippen LogP contribution in [0.3, 0.4) is 0 Å². The first-order chi connectivity index (χ1) is 11.3. The van der Waals surface area contributed by atoms with Crippen molar-refractivity contribution in [1.29, 1.82) is 0 Å². The van der Waals surface area contributed by atoms with Gasteiger partial charge in [0, 0.05) is 23.5 Å². The van der Waals surface area contributed by atoms with Crippen LogP contribution < -0.4 is 4.74 Å². The van der Waals surface area contributed by atoms with E-state index in [1.165, 1.54) is 0 Å². The Kier molecular flexibility index (Phi) is 4.62. The zero-order chi connectivity index (χ0) is 16.1. The van der Waals surface area contributed by atoms with E-state index in [-0.39, 0.29) is 12.6 Å². The lowest BCUT2D eigenvalue weighted by Crippen LogP contribution is -2.05. The van der Waals surface area contributed by atoms with Gasteiger partial charge in [0.1, 0.15) is 12.4 Å². The zero-order valence-corrected chi connectivity index (χ0v) is 13.0. The Labute approximate surface area is 135 Å². The Bertz CT molecular complexity index is 807. The number of aromatic amines is 1. The van der Waals surface area contributed by atoms with Crippen LogP contribution in [0.1, 0.15) is 17.5 Å². The minimum atomic E-state index is -0.196. The Balaban J connectivity index is 1.53. The molecule has 0 aliphatic rings. The number of ether oxygens (including phenoxy) is 2. The van der Waals surface area contributed by atoms with Gasteiger partial charge >= 0.3 is 5.97 Å². The van der Waals surface area contributed by atoms with Crippen molar-refractivity contribution in [2.24, 2.45) is 0 Å². The predicted molar refractivity (Wildman–Crippen MR) is 89.4 cm³/mol. The van der Waals surface area contributed by atoms with E-state index in [0.717, 1.165) is 27.8 Å². The van der Waals surface area contributed by atoms with Crippen LogP contribution in [-0.2, 0) is 22.6 Å². The number of H-pyrrole nitrogens is 1. The minimum Gasteiger partial charge on any atom is -0.497 e. The fraction of sp³-hybridized carbons (Fsp3) is 0.211. The number of fused-ring (bicyclic) bond motifs is 1. The molecule has 0 fully saturated rings. The van der Waals surface area contributed by atoms with E-state index in [9.17, 15) is 4.79 Å². The molecule has 1 N–H and O–H groups in total. The average molecular weight is 309 g/mol. The highest BCUT2D eigenvalue weighted by molar-refractivity contribution is 5.83. The molecule has 0 atom stereocenters. The lowest BCUT2D eigenvalue weighted by atomic mass is 10.1. The van der Waals surface area contributed by atoms with Crippen LogP contribution in [0.15, 0.2) is 54.7 Å². The number of hydrogen-bond donors (Lipinski definition) is 1. The van der Waals surface area contributed by atoms with Gasteiger partial charge in [-0.2, -0.15) is 0 Å². The quantitative estimate of drug-likeness (QED) is 0.704. The third-order valence-electron chi connectivity index (χ3n) is 3.81. The van der Waals surface area contributed by atoms with Gasteiger partial charge in [-0.25, -0.2) is 0 Å². The number of carbonyl (C=O) groups is 1. The lowest BCUT2D eigenvalue weighted by Gasteiger charge is -2.06. The highest BCUT2D eigenvalue weighted by Crippen LogP contribution is 2.19. The maximum absolute atomic E-state index is 11.9. The standard InChI is InChI=1S/C19H19NO3/c1-22-16-6-4-5-14(11-16)13-23-19(21)10-9-15-12-20-18-8-3-2-7-17(15)18/h2-8,11-12,20H,9-10,13H2,1H3. The summed E-state index contributed by atoms with van der Waals surface area (Å²) in [6.45, 7) is 0.268. The van der Waals surface area contributed by atoms with Gasteiger partial charge in [-0.3, -0.25) is 4.79 Å². The van der Waals surface area contributed by atoms with Crippen molar-refractivity contribution in [3.63, 3.8) is 0 Å². The molecule has 0 aliphatic heterocycles. The van der Waals surface area contributed by atoms with Crippen LogP contribution in [0.5, 0.6) is 5.75 Å². The van der Waals surface area contributed by atoms with E-state index in [1.54, 1.807) is 7.11 Å². The topological polar surface area (TPSA) is 51.3 Å². The van der Waals surface area contributed by atoms with Crippen molar-refractivity contribution < 1.29 is 14.3 Å². The number of methoxy groups -OCH3 is 1. The molecule has 118 valence electrons. The molecular formula is C19H19NO3. The summed E-state index contributed by atoms with van der Waals surface area (Å²) in [7, 11) is 1.62. The number of hydrogen-bond acceptors (Lipinski definition) is 3. The Morgan fingerprint density at radius 3 is 2.87 bits per heavy atom. The van der Waals surface area contributed by atoms with E-state index in [0.29, 0.717) is 12.8 Å². The smallest absolute Gasteiger partial charge is 0.306 e. The summed E-state index contributed by atoms with van der Waals surface area (Å²) >= 11 is 0. The number of aromatic nitrogens is 1. The number of nitrogens with one attached hydrogen (secondary N) is 1. The number of esters is 1. The number of carbonyl (C=O) groups excluding carboxylic acids is 1. The molecule has 23 heavy (non-hydrogen) atoms. The second-order valence-electron chi connectivity index (χ2n) is 5.37. The molecule has 0 aliphatic carbocycles. The maximum Gasteiger partial charge on any atom is 0.306 e. The molecule has 4 nitrogen and oxygen atoms in total. The van der Waals surface area contributed by atoms with E-state index in [1.807, 2.05) is 48.7 Å². The van der Waals surface area contributed by atoms with E-state index < -0.39 is 0 Å². The van der Waals surface area contributed by atoms with Crippen molar-refractivity contribution in [2.75, 3.05) is 7.11 Å². The van der Waals surface area contributed by atoms with Crippen LogP contribution in [0, 0.1) is 0 Å². The summed E-state index contributed by atoms with van der Waals surface area (Å²) in [5.74, 6) is 0.565. The number of aryl methyl sites for hydroxylation is 1. The van der Waals surface area contributed by atoms with Gasteiger partial charge < -0.3 is 14.5 Å². The largest absolute Gasteiger partial charge is 0.497 e. The SMILES string of the molecule is COc1cccc(COC(=O)CCc2c[nH]c3ccccc23)c1. The third-order valence-corrected chi connectivity index (χ3v) is 3.81. The van der Waals surface area contributed by atoms with Gasteiger partial charge in [0.2, 0.25) is 0 Å². The summed E-state index contributed by atoms with van der Waals surface area (Å²) < 4.78 is 10.5. The van der Waals surface area contributed by atoms with Gasteiger partial charge in [0.25, 0.3) is 0 Å². The van der Waals surface area contributed by atoms with Crippen LogP contribution in [-0.4, -0.2) is 18.1 Å². The van der Waals surface area contributed by atoms with E-state index in [4.69, 9.17) is 9.47 Å². The van der Waals surface area contributed by atoms with Gasteiger partial charge in [-0.15, -0.1) is 0 Å². The zero-order valence-electron chi connectivity index (χ0n) is 13.0. The first-order valence-electron chi connectivity index (χ1n) is 7.60. The van der Waals surface area contributed by atoms with Crippen molar-refractivity contribution in [2.45, 2.75) is 19.4 Å². The molecule has 2 aromatic carbocycles. The van der Waals surface area contributed by atoms with Crippen LogP contribution in [0.4, 0.5) is 0 Å². The van der Waals surface area contributed by atoms with Gasteiger partial charge in [-0.1, -0.05) is 30.3 Å². The molecule has 0 saturated heterocycles. The minimum absolute atomic E-state index is 0.196. The molecule has 0 radical (unpaired) electrons. The first kappa shape index (κ1) is 15.2. The molecule has 0 bridgehead atoms. The first-order valence-corrected chi connectivity index (χ1v) is 7.60. The molecule has 1 aromatic heterocycles. The summed E-state index contributed by atoms with van der Waals surface area (Å²) in [5, 5.41) is 1.16. The van der Waals surface area contributed by atoms with Gasteiger partial charge in [0.15, 0.2) is 0 Å². The summed E-state index contributed by atoms with van der Waals surface area (Å²) in [5.41, 5.74) is 3.15. The summed E-state index contributed by atoms with van der Waals surface area (Å²) in [4.78, 5) is 15.2. The molecule has 0 spiro atoms. The van der Waals surface area contributed by atoms with Crippen LogP contribution in [0.25, 0.3) is 10.9 Å². The molecule has 3 aromatic rings. The number of rotatable bonds is 6. The van der Waals surface area contributed by atoms with Gasteiger partial charge in [0.05, 0.1) is 7.11 Å². The Morgan fingerprint density at radius 2 is 2.00 bits per heavy atom. The maximum atomic E-state index is 11.9. The molecule has 0 amide bonds. The third kappa shape index (κ3) is 3.72. The molecule has 0 saturated carbocycles. The van der Waals surface area contributed by atoms with Crippen molar-refractivity contribution in [3.8, 4) is 5.75 Å². The molecular weight excluding hydrogens is 290 g/mol. The van der Waals surface area contributed by atoms with Gasteiger partial charge in [-0.05, 0) is 35.7 Å². The van der Waals surface area contributed by atoms with Crippen LogP contribution >= 0.6 is 0 Å².